The van der Waals surface area contributed by atoms with Crippen molar-refractivity contribution in [2.75, 3.05) is 6.61 Å². The minimum atomic E-state index is -0.118. The zero-order valence-electron chi connectivity index (χ0n) is 17.9. The molecule has 9 heteroatoms. The number of halogens is 1. The van der Waals surface area contributed by atoms with Crippen LogP contribution in [0.15, 0.2) is 6.20 Å². The number of aliphatic hydroxyl groups excluding tert-OH is 1. The van der Waals surface area contributed by atoms with Crippen LogP contribution in [0.1, 0.15) is 58.8 Å². The van der Waals surface area contributed by atoms with E-state index < -0.39 is 0 Å². The van der Waals surface area contributed by atoms with Crippen LogP contribution < -0.4 is 14.8 Å². The fourth-order valence-corrected chi connectivity index (χ4v) is 3.70. The molecule has 0 saturated heterocycles. The Hall–Kier alpha value is -2.06. The van der Waals surface area contributed by atoms with E-state index in [4.69, 9.17) is 26.2 Å². The fourth-order valence-electron chi connectivity index (χ4n) is 3.38. The van der Waals surface area contributed by atoms with Crippen LogP contribution in [-0.4, -0.2) is 50.4 Å². The summed E-state index contributed by atoms with van der Waals surface area (Å²) in [4.78, 5) is 19.0. The van der Waals surface area contributed by atoms with Crippen molar-refractivity contribution in [3.05, 3.63) is 11.2 Å². The first-order valence-electron chi connectivity index (χ1n) is 10.6. The summed E-state index contributed by atoms with van der Waals surface area (Å²) < 4.78 is 13.7. The van der Waals surface area contributed by atoms with Crippen molar-refractivity contribution in [1.82, 2.24) is 19.9 Å². The molecular weight excluding hydrogens is 408 g/mol. The van der Waals surface area contributed by atoms with E-state index in [2.05, 4.69) is 15.3 Å². The van der Waals surface area contributed by atoms with Crippen molar-refractivity contribution in [1.29, 1.82) is 0 Å². The molecule has 0 spiro atoms. The van der Waals surface area contributed by atoms with Crippen molar-refractivity contribution in [3.63, 3.8) is 0 Å². The van der Waals surface area contributed by atoms with Crippen LogP contribution in [-0.2, 0) is 11.8 Å². The largest absolute Gasteiger partial charge is 0.473 e. The predicted octanol–water partition coefficient (Wildman–Crippen LogP) is 3.38. The number of carbonyl (C=O) groups is 1. The summed E-state index contributed by atoms with van der Waals surface area (Å²) in [5.41, 5.74) is 1.58. The highest BCUT2D eigenvalue weighted by Gasteiger charge is 2.27. The maximum atomic E-state index is 10.2. The zero-order chi connectivity index (χ0) is 21.7. The lowest BCUT2D eigenvalue weighted by atomic mass is 9.98. The molecule has 1 amide bonds. The number of imidazole rings is 1. The zero-order valence-corrected chi connectivity index (χ0v) is 18.6. The van der Waals surface area contributed by atoms with Gasteiger partial charge in [0, 0.05) is 20.0 Å². The van der Waals surface area contributed by atoms with Crippen molar-refractivity contribution < 1.29 is 19.4 Å². The molecule has 2 aromatic rings. The van der Waals surface area contributed by atoms with Crippen LogP contribution in [0.4, 0.5) is 0 Å². The van der Waals surface area contributed by atoms with Gasteiger partial charge in [0.05, 0.1) is 18.3 Å². The van der Waals surface area contributed by atoms with Gasteiger partial charge in [-0.3, -0.25) is 9.36 Å². The maximum Gasteiger partial charge on any atom is 0.297 e. The molecule has 30 heavy (non-hydrogen) atoms. The molecule has 0 aromatic carbocycles. The highest BCUT2D eigenvalue weighted by Crippen LogP contribution is 2.36. The van der Waals surface area contributed by atoms with Gasteiger partial charge in [0.25, 0.3) is 6.01 Å². The molecule has 1 unspecified atom stereocenters. The van der Waals surface area contributed by atoms with E-state index in [0.29, 0.717) is 16.9 Å². The molecule has 4 rings (SSSR count). The van der Waals surface area contributed by atoms with Crippen LogP contribution in [0.3, 0.4) is 0 Å². The van der Waals surface area contributed by atoms with Crippen molar-refractivity contribution in [2.24, 2.45) is 7.05 Å². The van der Waals surface area contributed by atoms with Gasteiger partial charge in [-0.2, -0.15) is 4.98 Å². The second-order valence-corrected chi connectivity index (χ2v) is 8.42. The van der Waals surface area contributed by atoms with Crippen LogP contribution in [0.25, 0.3) is 11.0 Å². The molecule has 0 bridgehead atoms. The van der Waals surface area contributed by atoms with Crippen LogP contribution in [0, 0.1) is 0 Å². The molecule has 0 aliphatic heterocycles. The number of aryl methyl sites for hydroxylation is 1. The third-order valence-electron chi connectivity index (χ3n) is 5.13. The number of amides is 1. The van der Waals surface area contributed by atoms with Gasteiger partial charge >= 0.3 is 0 Å². The third kappa shape index (κ3) is 5.98. The Morgan fingerprint density at radius 2 is 1.93 bits per heavy atom. The van der Waals surface area contributed by atoms with E-state index >= 15 is 0 Å². The molecule has 2 fully saturated rings. The summed E-state index contributed by atoms with van der Waals surface area (Å²) in [6.07, 6.45) is 10.4. The van der Waals surface area contributed by atoms with Crippen LogP contribution >= 0.6 is 11.6 Å². The highest BCUT2D eigenvalue weighted by molar-refractivity contribution is 6.36. The summed E-state index contributed by atoms with van der Waals surface area (Å²) in [6.45, 7) is 3.16. The first-order chi connectivity index (χ1) is 14.4. The number of aliphatic hydroxyl groups is 1. The molecule has 2 aliphatic rings. The smallest absolute Gasteiger partial charge is 0.297 e. The average molecular weight is 439 g/mol. The second-order valence-electron chi connectivity index (χ2n) is 8.04. The van der Waals surface area contributed by atoms with Gasteiger partial charge in [0.1, 0.15) is 22.7 Å². The minimum absolute atomic E-state index is 0.000417. The van der Waals surface area contributed by atoms with E-state index in [1.165, 1.54) is 26.2 Å². The molecule has 2 aromatic heterocycles. The molecular formula is C21H31ClN4O4. The molecule has 2 heterocycles. The summed E-state index contributed by atoms with van der Waals surface area (Å²) in [5.74, 6) is 0.399. The maximum absolute atomic E-state index is 10.2. The summed E-state index contributed by atoms with van der Waals surface area (Å²) in [5, 5.41) is 11.4. The van der Waals surface area contributed by atoms with E-state index in [-0.39, 0.29) is 30.8 Å². The number of nitrogens with one attached hydrogen (secondary N) is 1. The lowest BCUT2D eigenvalue weighted by Gasteiger charge is -2.22. The Bertz CT molecular complexity index is 862. The monoisotopic (exact) mass is 438 g/mol. The molecule has 2 aliphatic carbocycles. The number of aromatic nitrogens is 3. The summed E-state index contributed by atoms with van der Waals surface area (Å²) >= 11 is 6.47. The molecule has 166 valence electrons. The SMILES string of the molecule is CC(=O)NC(C)CO.Cn1c(OC2CCCCC2)nc2cnc(OC3CC3)c(Cl)c21. The Labute approximate surface area is 181 Å². The number of pyridine rings is 1. The lowest BCUT2D eigenvalue weighted by molar-refractivity contribution is -0.119. The minimum Gasteiger partial charge on any atom is -0.473 e. The van der Waals surface area contributed by atoms with Crippen LogP contribution in [0.2, 0.25) is 5.02 Å². The van der Waals surface area contributed by atoms with E-state index in [1.807, 2.05) is 11.6 Å². The number of fused-ring (bicyclic) bond motifs is 1. The summed E-state index contributed by atoms with van der Waals surface area (Å²) in [7, 11) is 1.93. The van der Waals surface area contributed by atoms with Gasteiger partial charge in [-0.1, -0.05) is 18.0 Å². The number of nitrogens with zero attached hydrogens (tertiary/aromatic N) is 3. The van der Waals surface area contributed by atoms with Gasteiger partial charge in [0.2, 0.25) is 11.8 Å². The Morgan fingerprint density at radius 3 is 2.50 bits per heavy atom. The Kier molecular flexibility index (Phi) is 7.77. The molecule has 2 saturated carbocycles. The van der Waals surface area contributed by atoms with Gasteiger partial charge in [-0.25, -0.2) is 4.98 Å². The molecule has 2 N–H and O–H groups in total. The first-order valence-corrected chi connectivity index (χ1v) is 11.0. The van der Waals surface area contributed by atoms with Crippen molar-refractivity contribution >= 4 is 28.5 Å². The first kappa shape index (κ1) is 22.6. The van der Waals surface area contributed by atoms with E-state index in [0.717, 1.165) is 36.7 Å². The summed E-state index contributed by atoms with van der Waals surface area (Å²) in [6, 6.07) is 0.502. The van der Waals surface area contributed by atoms with Gasteiger partial charge < -0.3 is 19.9 Å². The average Bonchev–Trinajstić information content (AvgIpc) is 3.48. The number of hydrogen-bond acceptors (Lipinski definition) is 6. The van der Waals surface area contributed by atoms with E-state index in [1.54, 1.807) is 13.1 Å². The fraction of sp³-hybridized carbons (Fsp3) is 0.667. The van der Waals surface area contributed by atoms with Crippen molar-refractivity contribution in [3.8, 4) is 11.9 Å². The van der Waals surface area contributed by atoms with Gasteiger partial charge in [-0.05, 0) is 45.4 Å². The number of carbonyl (C=O) groups excluding carboxylic acids is 1. The molecule has 8 nitrogen and oxygen atoms in total. The number of rotatable bonds is 6. The van der Waals surface area contributed by atoms with Gasteiger partial charge in [0.15, 0.2) is 0 Å². The normalized spacial score (nSPS) is 17.8. The second kappa shape index (κ2) is 10.3. The number of ether oxygens (including phenoxy) is 2. The van der Waals surface area contributed by atoms with E-state index in [9.17, 15) is 4.79 Å². The Morgan fingerprint density at radius 1 is 1.27 bits per heavy atom. The topological polar surface area (TPSA) is 98.5 Å². The van der Waals surface area contributed by atoms with Gasteiger partial charge in [-0.15, -0.1) is 0 Å². The number of hydrogen-bond donors (Lipinski definition) is 2. The Balaban J connectivity index is 0.000000275. The van der Waals surface area contributed by atoms with Crippen molar-refractivity contribution in [2.45, 2.75) is 77.0 Å². The quantitative estimate of drug-likeness (QED) is 0.717. The lowest BCUT2D eigenvalue weighted by Crippen LogP contribution is -2.32. The standard InChI is InChI=1S/C16H20ClN3O2.C5H11NO2/c1-20-14-12(9-18-15(13(14)17)21-11-7-8-11)19-16(20)22-10-5-3-2-4-6-10;1-4(3-7)6-5(2)8/h9-11H,2-8H2,1H3;4,7H,3H2,1-2H3,(H,6,8). The third-order valence-corrected chi connectivity index (χ3v) is 5.47. The molecule has 1 atom stereocenters. The van der Waals surface area contributed by atoms with Crippen LogP contribution in [0.5, 0.6) is 11.9 Å². The molecule has 0 radical (unpaired) electrons. The predicted molar refractivity (Wildman–Crippen MR) is 115 cm³/mol. The highest BCUT2D eigenvalue weighted by atomic mass is 35.5.